The fraction of sp³-hybridized carbons (Fsp3) is 0.966. The molecule has 5 heterocycles. The zero-order valence-corrected chi connectivity index (χ0v) is 50.0. The first kappa shape index (κ1) is 66.6. The van der Waals surface area contributed by atoms with Crippen LogP contribution in [0.3, 0.4) is 0 Å². The van der Waals surface area contributed by atoms with Gasteiger partial charge in [-0.2, -0.15) is 0 Å². The normalized spacial score (nSPS) is 56.2. The van der Waals surface area contributed by atoms with Crippen molar-refractivity contribution in [3.63, 3.8) is 0 Å². The maximum atomic E-state index is 11.8. The number of ether oxygens (including phenoxy) is 10. The van der Waals surface area contributed by atoms with Gasteiger partial charge in [-0.25, -0.2) is 0 Å². The van der Waals surface area contributed by atoms with Crippen LogP contribution in [-0.4, -0.2) is 274 Å². The molecule has 34 atom stereocenters. The van der Waals surface area contributed by atoms with Crippen LogP contribution in [0.2, 0.25) is 0 Å². The van der Waals surface area contributed by atoms with Crippen LogP contribution < -0.4 is 0 Å². The van der Waals surface area contributed by atoms with Crippen molar-refractivity contribution < 1.29 is 129 Å². The molecule has 5 aliphatic heterocycles. The van der Waals surface area contributed by atoms with Crippen LogP contribution in [-0.2, 0) is 47.4 Å². The van der Waals surface area contributed by atoms with Gasteiger partial charge in [0.2, 0.25) is 0 Å². The largest absolute Gasteiger partial charge is 0.396 e. The molecule has 26 heteroatoms. The van der Waals surface area contributed by atoms with Crippen molar-refractivity contribution in [2.75, 3.05) is 33.0 Å². The minimum atomic E-state index is -1.90. The zero-order valence-electron chi connectivity index (χ0n) is 50.0. The summed E-state index contributed by atoms with van der Waals surface area (Å²) in [6.45, 7) is 14.4. The molecule has 9 fully saturated rings. The Hall–Kier alpha value is -1.30. The summed E-state index contributed by atoms with van der Waals surface area (Å²) in [4.78, 5) is 0. The van der Waals surface area contributed by atoms with E-state index in [1.807, 2.05) is 6.92 Å². The monoisotopic (exact) mass is 1220 g/mol. The molecule has 34 unspecified atom stereocenters. The van der Waals surface area contributed by atoms with Crippen LogP contribution in [0.1, 0.15) is 113 Å². The molecule has 16 N–H and O–H groups in total. The van der Waals surface area contributed by atoms with Gasteiger partial charge in [-0.05, 0) is 104 Å². The second-order valence-electron chi connectivity index (χ2n) is 28.7. The predicted molar refractivity (Wildman–Crippen MR) is 289 cm³/mol. The van der Waals surface area contributed by atoms with E-state index in [0.29, 0.717) is 25.7 Å². The Morgan fingerprint density at radius 3 is 1.55 bits per heavy atom. The molecule has 4 saturated carbocycles. The highest BCUT2D eigenvalue weighted by Gasteiger charge is 2.70. The van der Waals surface area contributed by atoms with E-state index in [9.17, 15) is 81.7 Å². The predicted octanol–water partition coefficient (Wildman–Crippen LogP) is -3.10. The highest BCUT2D eigenvalue weighted by atomic mass is 16.8. The van der Waals surface area contributed by atoms with Crippen molar-refractivity contribution in [3.8, 4) is 0 Å². The van der Waals surface area contributed by atoms with Crippen molar-refractivity contribution in [2.24, 2.45) is 50.2 Å². The Bertz CT molecular complexity index is 2320. The summed E-state index contributed by atoms with van der Waals surface area (Å²) in [6.07, 6.45) is -31.0. The molecule has 85 heavy (non-hydrogen) atoms. The molecule has 10 aliphatic rings. The van der Waals surface area contributed by atoms with E-state index >= 15 is 0 Å². The molecule has 0 amide bonds. The number of hydrogen-bond donors (Lipinski definition) is 16. The van der Waals surface area contributed by atoms with Crippen molar-refractivity contribution >= 4 is 0 Å². The molecule has 490 valence electrons. The molecular weight excluding hydrogens is 1120 g/mol. The van der Waals surface area contributed by atoms with E-state index in [2.05, 4.69) is 47.6 Å². The summed E-state index contributed by atoms with van der Waals surface area (Å²) in [5.74, 6) is 0.0484. The lowest BCUT2D eigenvalue weighted by Crippen LogP contribution is -2.68. The van der Waals surface area contributed by atoms with Crippen molar-refractivity contribution in [3.05, 3.63) is 11.6 Å². The first-order chi connectivity index (χ1) is 39.9. The van der Waals surface area contributed by atoms with E-state index in [1.54, 1.807) is 0 Å². The number of rotatable bonds is 14. The number of allylic oxidation sites excluding steroid dienone is 2. The molecule has 5 saturated heterocycles. The van der Waals surface area contributed by atoms with Gasteiger partial charge in [-0.3, -0.25) is 0 Å². The lowest BCUT2D eigenvalue weighted by Gasteiger charge is -2.72. The van der Waals surface area contributed by atoms with Gasteiger partial charge in [-0.1, -0.05) is 60.1 Å². The first-order valence-corrected chi connectivity index (χ1v) is 30.7. The summed E-state index contributed by atoms with van der Waals surface area (Å²) < 4.78 is 61.8. The Morgan fingerprint density at radius 1 is 0.471 bits per heavy atom. The fourth-order valence-corrected chi connectivity index (χ4v) is 17.8. The van der Waals surface area contributed by atoms with E-state index in [0.717, 1.165) is 32.1 Å². The minimum Gasteiger partial charge on any atom is -0.396 e. The molecule has 0 spiro atoms. The van der Waals surface area contributed by atoms with E-state index < -0.39 is 190 Å². The van der Waals surface area contributed by atoms with Gasteiger partial charge in [0, 0.05) is 10.8 Å². The maximum Gasteiger partial charge on any atom is 0.187 e. The number of aliphatic hydroxyl groups is 16. The summed E-state index contributed by atoms with van der Waals surface area (Å²) in [5.41, 5.74) is -1.16. The molecular formula is C59H98O26. The zero-order chi connectivity index (χ0) is 62.0. The average molecular weight is 1220 g/mol. The SMILES string of the molecule is CC1OC(OC2C(OC3C(OC4CCC5(C)C(CCC6(C)C5CC=C5C7CC(C)(C)CC(OC8OCC(O)C(O)C8OC8OC(CO)C(O)C(O)C8O)C7(C)CCC56C)C4(C)CO)OC(CO)C(O)C3O)OC(CO)C(O)C2O)C(O)C(O)C1O. The van der Waals surface area contributed by atoms with Gasteiger partial charge in [-0.15, -0.1) is 0 Å². The highest BCUT2D eigenvalue weighted by Crippen LogP contribution is 2.76. The highest BCUT2D eigenvalue weighted by molar-refractivity contribution is 5.34. The summed E-state index contributed by atoms with van der Waals surface area (Å²) in [6, 6.07) is 0. The minimum absolute atomic E-state index is 0.0443. The van der Waals surface area contributed by atoms with Gasteiger partial charge in [0.25, 0.3) is 0 Å². The number of hydrogen-bond acceptors (Lipinski definition) is 26. The topological polar surface area (TPSA) is 416 Å². The van der Waals surface area contributed by atoms with Crippen molar-refractivity contribution in [1.29, 1.82) is 0 Å². The smallest absolute Gasteiger partial charge is 0.187 e. The fourth-order valence-electron chi connectivity index (χ4n) is 17.8. The van der Waals surface area contributed by atoms with Crippen LogP contribution in [0.15, 0.2) is 11.6 Å². The third-order valence-corrected chi connectivity index (χ3v) is 23.4. The van der Waals surface area contributed by atoms with Gasteiger partial charge >= 0.3 is 0 Å². The molecule has 0 bridgehead atoms. The Labute approximate surface area is 495 Å². The molecule has 5 aliphatic carbocycles. The maximum absolute atomic E-state index is 11.8. The standard InChI is InChI=1S/C59H98O26/c1-24-35(65)40(70)44(74)49(77-24)84-48-43(73)39(69)30(21-62)80-53(48)85-47-42(72)38(68)29(20-61)79-52(47)81-33-12-13-56(5)31(57(33,6)23-63)11-14-59(8)32(56)10-9-25-26-17-54(2,3)18-34(55(26,4)15-16-58(25,59)7)82-51-46(36(66)27(64)22-76-51)83-50-45(75)41(71)37(67)28(19-60)78-50/h9,24,26-53,60-75H,10-23H2,1-8H3. The molecule has 0 aromatic carbocycles. The summed E-state index contributed by atoms with van der Waals surface area (Å²) >= 11 is 0. The Kier molecular flexibility index (Phi) is 19.3. The van der Waals surface area contributed by atoms with Crippen LogP contribution in [0.4, 0.5) is 0 Å². The van der Waals surface area contributed by atoms with Crippen LogP contribution in [0.5, 0.6) is 0 Å². The van der Waals surface area contributed by atoms with Crippen LogP contribution >= 0.6 is 0 Å². The lowest BCUT2D eigenvalue weighted by molar-refractivity contribution is -0.398. The van der Waals surface area contributed by atoms with Crippen LogP contribution in [0, 0.1) is 50.2 Å². The molecule has 0 aromatic rings. The molecule has 26 nitrogen and oxygen atoms in total. The lowest BCUT2D eigenvalue weighted by atomic mass is 9.33. The number of aliphatic hydroxyl groups excluding tert-OH is 16. The van der Waals surface area contributed by atoms with Crippen LogP contribution in [0.25, 0.3) is 0 Å². The number of fused-ring (bicyclic) bond motifs is 7. The average Bonchev–Trinajstić information content (AvgIpc) is 0.777. The second kappa shape index (κ2) is 24.6. The van der Waals surface area contributed by atoms with E-state index in [1.165, 1.54) is 12.5 Å². The Balaban J connectivity index is 0.890. The molecule has 10 rings (SSSR count). The van der Waals surface area contributed by atoms with E-state index in [-0.39, 0.29) is 52.6 Å². The molecule has 0 radical (unpaired) electrons. The van der Waals surface area contributed by atoms with Gasteiger partial charge < -0.3 is 129 Å². The van der Waals surface area contributed by atoms with Gasteiger partial charge in [0.1, 0.15) is 110 Å². The van der Waals surface area contributed by atoms with Gasteiger partial charge in [0.05, 0.1) is 51.3 Å². The Morgan fingerprint density at radius 2 is 0.976 bits per heavy atom. The summed E-state index contributed by atoms with van der Waals surface area (Å²) in [5, 5.41) is 174. The van der Waals surface area contributed by atoms with Crippen molar-refractivity contribution in [2.45, 2.75) is 273 Å². The molecule has 0 aromatic heterocycles. The summed E-state index contributed by atoms with van der Waals surface area (Å²) in [7, 11) is 0. The van der Waals surface area contributed by atoms with Gasteiger partial charge in [0.15, 0.2) is 31.5 Å². The van der Waals surface area contributed by atoms with Crippen molar-refractivity contribution in [1.82, 2.24) is 0 Å². The first-order valence-electron chi connectivity index (χ1n) is 30.7. The third kappa shape index (κ3) is 11.2. The van der Waals surface area contributed by atoms with E-state index in [4.69, 9.17) is 47.4 Å². The second-order valence-corrected chi connectivity index (χ2v) is 28.7. The third-order valence-electron chi connectivity index (χ3n) is 23.4. The quantitative estimate of drug-likeness (QED) is 0.0605.